The number of benzene rings is 2. The third kappa shape index (κ3) is 3.81. The normalized spacial score (nSPS) is 20.9. The second kappa shape index (κ2) is 7.41. The van der Waals surface area contributed by atoms with Gasteiger partial charge in [-0.25, -0.2) is 9.18 Å². The third-order valence-electron chi connectivity index (χ3n) is 4.67. The van der Waals surface area contributed by atoms with Crippen LogP contribution in [0.15, 0.2) is 48.5 Å². The minimum absolute atomic E-state index is 0.0799. The number of amides is 2. The van der Waals surface area contributed by atoms with Crippen molar-refractivity contribution in [2.75, 3.05) is 11.4 Å². The molecule has 0 spiro atoms. The van der Waals surface area contributed by atoms with E-state index in [0.29, 0.717) is 11.3 Å². The first-order valence-electron chi connectivity index (χ1n) is 8.63. The molecule has 0 aliphatic carbocycles. The van der Waals surface area contributed by atoms with E-state index in [4.69, 9.17) is 16.3 Å². The van der Waals surface area contributed by atoms with E-state index in [2.05, 4.69) is 5.32 Å². The van der Waals surface area contributed by atoms with E-state index in [-0.39, 0.29) is 18.1 Å². The highest BCUT2D eigenvalue weighted by Crippen LogP contribution is 2.42. The van der Waals surface area contributed by atoms with E-state index < -0.39 is 29.0 Å². The first kappa shape index (κ1) is 20.1. The molecule has 1 aliphatic heterocycles. The number of anilines is 1. The van der Waals surface area contributed by atoms with Gasteiger partial charge in [-0.3, -0.25) is 4.79 Å². The van der Waals surface area contributed by atoms with Crippen molar-refractivity contribution in [1.82, 2.24) is 5.32 Å². The average Bonchev–Trinajstić information content (AvgIpc) is 2.80. The van der Waals surface area contributed by atoms with Crippen LogP contribution in [-0.4, -0.2) is 29.4 Å². The Morgan fingerprint density at radius 1 is 1.29 bits per heavy atom. The van der Waals surface area contributed by atoms with Gasteiger partial charge in [0, 0.05) is 23.8 Å². The minimum atomic E-state index is -2.34. The highest BCUT2D eigenvalue weighted by Gasteiger charge is 2.62. The molecule has 2 aromatic carbocycles. The second-order valence-corrected chi connectivity index (χ2v) is 7.71. The van der Waals surface area contributed by atoms with Crippen LogP contribution < -0.4 is 10.2 Å². The molecule has 1 aliphatic rings. The number of aliphatic hydroxyl groups is 1. The van der Waals surface area contributed by atoms with Gasteiger partial charge in [0.15, 0.2) is 0 Å². The van der Waals surface area contributed by atoms with E-state index in [0.717, 1.165) is 6.07 Å². The lowest BCUT2D eigenvalue weighted by Crippen LogP contribution is -2.52. The van der Waals surface area contributed by atoms with Crippen LogP contribution in [0.5, 0.6) is 0 Å². The van der Waals surface area contributed by atoms with E-state index in [1.807, 2.05) is 6.07 Å². The van der Waals surface area contributed by atoms with Gasteiger partial charge in [-0.15, -0.1) is 0 Å². The summed E-state index contributed by atoms with van der Waals surface area (Å²) in [4.78, 5) is 26.5. The van der Waals surface area contributed by atoms with Crippen LogP contribution in [0.4, 0.5) is 14.9 Å². The third-order valence-corrected chi connectivity index (χ3v) is 4.89. The Labute approximate surface area is 166 Å². The van der Waals surface area contributed by atoms with Gasteiger partial charge in [-0.2, -0.15) is 0 Å². The Bertz CT molecular complexity index is 886. The predicted octanol–water partition coefficient (Wildman–Crippen LogP) is 3.47. The molecule has 2 amide bonds. The van der Waals surface area contributed by atoms with Gasteiger partial charge in [0.25, 0.3) is 0 Å². The van der Waals surface area contributed by atoms with Crippen molar-refractivity contribution in [3.05, 3.63) is 64.9 Å². The van der Waals surface area contributed by atoms with Crippen LogP contribution >= 0.6 is 11.6 Å². The summed E-state index contributed by atoms with van der Waals surface area (Å²) in [5, 5.41) is 13.5. The largest absolute Gasteiger partial charge is 0.410 e. The Morgan fingerprint density at radius 3 is 2.61 bits per heavy atom. The summed E-state index contributed by atoms with van der Waals surface area (Å²) in [7, 11) is 0. The molecule has 1 atom stereocenters. The van der Waals surface area contributed by atoms with Crippen LogP contribution in [0.3, 0.4) is 0 Å². The van der Waals surface area contributed by atoms with Crippen LogP contribution in [0.25, 0.3) is 0 Å². The Kier molecular flexibility index (Phi) is 5.32. The number of carbonyl (C=O) groups is 2. The van der Waals surface area contributed by atoms with Crippen molar-refractivity contribution in [2.24, 2.45) is 5.41 Å². The Hall–Kier alpha value is -2.64. The first-order chi connectivity index (χ1) is 13.1. The fourth-order valence-corrected chi connectivity index (χ4v) is 3.35. The van der Waals surface area contributed by atoms with Gasteiger partial charge in [0.2, 0.25) is 0 Å². The van der Waals surface area contributed by atoms with Gasteiger partial charge in [-0.05, 0) is 35.9 Å². The van der Waals surface area contributed by atoms with Crippen LogP contribution in [-0.2, 0) is 16.1 Å². The number of nitrogens with zero attached hydrogens (tertiary/aromatic N) is 1. The maximum absolute atomic E-state index is 13.4. The second-order valence-electron chi connectivity index (χ2n) is 7.28. The van der Waals surface area contributed by atoms with Crippen LogP contribution in [0, 0.1) is 11.2 Å². The molecular formula is C20H20ClFN2O4. The van der Waals surface area contributed by atoms with Gasteiger partial charge in [0.1, 0.15) is 5.82 Å². The monoisotopic (exact) mass is 406 g/mol. The molecule has 3 rings (SSSR count). The Morgan fingerprint density at radius 2 is 1.96 bits per heavy atom. The Balaban J connectivity index is 1.72. The van der Waals surface area contributed by atoms with Gasteiger partial charge < -0.3 is 20.1 Å². The fourth-order valence-electron chi connectivity index (χ4n) is 3.10. The molecule has 1 heterocycles. The topological polar surface area (TPSA) is 78.9 Å². The molecule has 148 valence electrons. The standard InChI is InChI=1S/C20H20ClFN2O4/c1-19(2)12-24(16-6-4-3-5-7-16)17(25)20(19,27)28-18(26)23-11-13-8-14(21)10-15(22)9-13/h3-10,27H,11-12H2,1-2H3,(H,23,26)/t20-/m0/s1. The minimum Gasteiger partial charge on any atom is -0.406 e. The number of alkyl carbamates (subject to hydrolysis) is 1. The number of para-hydroxylation sites is 1. The average molecular weight is 407 g/mol. The molecule has 0 radical (unpaired) electrons. The number of rotatable bonds is 4. The lowest BCUT2D eigenvalue weighted by Gasteiger charge is -2.31. The van der Waals surface area contributed by atoms with Crippen molar-refractivity contribution >= 4 is 29.3 Å². The quantitative estimate of drug-likeness (QED) is 0.762. The summed E-state index contributed by atoms with van der Waals surface area (Å²) in [6, 6.07) is 12.6. The molecule has 0 bridgehead atoms. The molecule has 8 heteroatoms. The van der Waals surface area contributed by atoms with Crippen molar-refractivity contribution in [3.8, 4) is 0 Å². The number of hydrogen-bond acceptors (Lipinski definition) is 4. The van der Waals surface area contributed by atoms with E-state index in [9.17, 15) is 19.1 Å². The number of nitrogens with one attached hydrogen (secondary N) is 1. The lowest BCUT2D eigenvalue weighted by molar-refractivity contribution is -0.208. The zero-order valence-corrected chi connectivity index (χ0v) is 16.2. The zero-order chi connectivity index (χ0) is 20.5. The maximum atomic E-state index is 13.4. The molecule has 1 fully saturated rings. The van der Waals surface area contributed by atoms with E-state index in [1.54, 1.807) is 38.1 Å². The van der Waals surface area contributed by atoms with E-state index >= 15 is 0 Å². The van der Waals surface area contributed by atoms with Crippen molar-refractivity contribution in [3.63, 3.8) is 0 Å². The van der Waals surface area contributed by atoms with E-state index in [1.165, 1.54) is 17.0 Å². The van der Waals surface area contributed by atoms with Crippen molar-refractivity contribution < 1.29 is 23.8 Å². The fraction of sp³-hybridized carbons (Fsp3) is 0.300. The number of hydrogen-bond donors (Lipinski definition) is 2. The molecule has 0 saturated carbocycles. The molecule has 0 aromatic heterocycles. The summed E-state index contributed by atoms with van der Waals surface area (Å²) in [6.07, 6.45) is -1.00. The molecular weight excluding hydrogens is 387 g/mol. The smallest absolute Gasteiger partial charge is 0.406 e. The lowest BCUT2D eigenvalue weighted by atomic mass is 9.86. The molecule has 6 nitrogen and oxygen atoms in total. The summed E-state index contributed by atoms with van der Waals surface area (Å²) in [5.41, 5.74) is -0.0499. The molecule has 2 aromatic rings. The van der Waals surface area contributed by atoms with Gasteiger partial charge >= 0.3 is 17.8 Å². The first-order valence-corrected chi connectivity index (χ1v) is 9.01. The van der Waals surface area contributed by atoms with Crippen molar-refractivity contribution in [1.29, 1.82) is 0 Å². The number of carbonyl (C=O) groups excluding carboxylic acids is 2. The SMILES string of the molecule is CC1(C)CN(c2ccccc2)C(=O)[C@]1(O)OC(=O)NCc1cc(F)cc(Cl)c1. The summed E-state index contributed by atoms with van der Waals surface area (Å²) >= 11 is 5.78. The summed E-state index contributed by atoms with van der Waals surface area (Å²) < 4.78 is 18.5. The van der Waals surface area contributed by atoms with Crippen LogP contribution in [0.2, 0.25) is 5.02 Å². The van der Waals surface area contributed by atoms with Crippen LogP contribution in [0.1, 0.15) is 19.4 Å². The highest BCUT2D eigenvalue weighted by atomic mass is 35.5. The molecule has 2 N–H and O–H groups in total. The number of ether oxygens (including phenoxy) is 1. The zero-order valence-electron chi connectivity index (χ0n) is 15.4. The summed E-state index contributed by atoms with van der Waals surface area (Å²) in [6.45, 7) is 3.35. The number of halogens is 2. The van der Waals surface area contributed by atoms with Crippen molar-refractivity contribution in [2.45, 2.75) is 26.2 Å². The molecule has 1 saturated heterocycles. The maximum Gasteiger partial charge on any atom is 0.410 e. The highest BCUT2D eigenvalue weighted by molar-refractivity contribution is 6.30. The molecule has 0 unspecified atom stereocenters. The molecule has 28 heavy (non-hydrogen) atoms. The van der Waals surface area contributed by atoms with Gasteiger partial charge in [-0.1, -0.05) is 43.6 Å². The predicted molar refractivity (Wildman–Crippen MR) is 102 cm³/mol. The summed E-state index contributed by atoms with van der Waals surface area (Å²) in [5.74, 6) is -3.61. The van der Waals surface area contributed by atoms with Gasteiger partial charge in [0.05, 0.1) is 5.41 Å².